The first-order chi connectivity index (χ1) is 17.6. The quantitative estimate of drug-likeness (QED) is 0.358. The number of hydrogen-bond acceptors (Lipinski definition) is 5. The highest BCUT2D eigenvalue weighted by Crippen LogP contribution is 2.50. The Labute approximate surface area is 219 Å². The second kappa shape index (κ2) is 9.45. The molecule has 2 aliphatic rings. The summed E-state index contributed by atoms with van der Waals surface area (Å²) in [6.45, 7) is 6.66. The van der Waals surface area contributed by atoms with E-state index in [4.69, 9.17) is 9.47 Å². The summed E-state index contributed by atoms with van der Waals surface area (Å²) in [4.78, 5) is 0.220. The number of rotatable bonds is 6. The van der Waals surface area contributed by atoms with Gasteiger partial charge in [-0.2, -0.15) is 0 Å². The second-order valence-electron chi connectivity index (χ2n) is 10.8. The number of fused-ring (bicyclic) bond motifs is 3. The van der Waals surface area contributed by atoms with E-state index in [0.717, 1.165) is 17.7 Å². The van der Waals surface area contributed by atoms with Crippen LogP contribution in [-0.4, -0.2) is 22.6 Å². The average Bonchev–Trinajstić information content (AvgIpc) is 3.38. The molecule has 2 N–H and O–H groups in total. The molecule has 3 aromatic rings. The fraction of sp³-hybridized carbons (Fsp3) is 0.333. The molecular formula is C30H34N2O4S. The predicted octanol–water partition coefficient (Wildman–Crippen LogP) is 6.63. The number of nitrogens with one attached hydrogen (secondary N) is 2. The number of ether oxygens (including phenoxy) is 2. The molecule has 37 heavy (non-hydrogen) atoms. The first kappa shape index (κ1) is 25.2. The van der Waals surface area contributed by atoms with Crippen molar-refractivity contribution in [3.05, 3.63) is 89.5 Å². The molecule has 5 rings (SSSR count). The largest absolute Gasteiger partial charge is 0.497 e. The molecule has 0 spiro atoms. The molecule has 6 nitrogen and oxygen atoms in total. The van der Waals surface area contributed by atoms with Gasteiger partial charge in [0.05, 0.1) is 30.8 Å². The van der Waals surface area contributed by atoms with Gasteiger partial charge in [-0.1, -0.05) is 57.2 Å². The molecule has 1 aliphatic carbocycles. The Morgan fingerprint density at radius 3 is 2.38 bits per heavy atom. The molecule has 7 heteroatoms. The van der Waals surface area contributed by atoms with Crippen LogP contribution in [0.3, 0.4) is 0 Å². The summed E-state index contributed by atoms with van der Waals surface area (Å²) >= 11 is 0. The van der Waals surface area contributed by atoms with E-state index in [1.807, 2.05) is 6.07 Å². The maximum atomic E-state index is 13.4. The molecule has 1 heterocycles. The van der Waals surface area contributed by atoms with Gasteiger partial charge in [0.15, 0.2) is 0 Å². The van der Waals surface area contributed by atoms with Gasteiger partial charge in [-0.25, -0.2) is 8.42 Å². The van der Waals surface area contributed by atoms with E-state index in [-0.39, 0.29) is 22.3 Å². The fourth-order valence-electron chi connectivity index (χ4n) is 5.35. The van der Waals surface area contributed by atoms with E-state index in [0.29, 0.717) is 23.1 Å². The van der Waals surface area contributed by atoms with E-state index in [1.54, 1.807) is 37.4 Å². The van der Waals surface area contributed by atoms with Gasteiger partial charge in [0.2, 0.25) is 0 Å². The Morgan fingerprint density at radius 1 is 0.946 bits per heavy atom. The Bertz CT molecular complexity index is 1440. The highest BCUT2D eigenvalue weighted by atomic mass is 32.2. The molecule has 0 unspecified atom stereocenters. The number of sulfonamides is 1. The number of benzene rings is 3. The lowest BCUT2D eigenvalue weighted by atomic mass is 9.76. The molecule has 0 amide bonds. The van der Waals surface area contributed by atoms with Crippen molar-refractivity contribution in [2.45, 2.75) is 49.5 Å². The lowest BCUT2D eigenvalue weighted by Gasteiger charge is -2.38. The van der Waals surface area contributed by atoms with Gasteiger partial charge in [0.1, 0.15) is 11.5 Å². The van der Waals surface area contributed by atoms with Crippen LogP contribution >= 0.6 is 0 Å². The van der Waals surface area contributed by atoms with Crippen molar-refractivity contribution < 1.29 is 17.9 Å². The van der Waals surface area contributed by atoms with Gasteiger partial charge in [-0.05, 0) is 64.8 Å². The minimum Gasteiger partial charge on any atom is -0.497 e. The highest BCUT2D eigenvalue weighted by Gasteiger charge is 2.38. The summed E-state index contributed by atoms with van der Waals surface area (Å²) in [5.74, 6) is 1.44. The number of methoxy groups -OCH3 is 2. The second-order valence-corrected chi connectivity index (χ2v) is 12.5. The van der Waals surface area contributed by atoms with Gasteiger partial charge in [0.25, 0.3) is 10.0 Å². The van der Waals surface area contributed by atoms with Crippen LogP contribution in [-0.2, 0) is 15.4 Å². The molecule has 0 fully saturated rings. The van der Waals surface area contributed by atoms with Gasteiger partial charge in [0, 0.05) is 17.7 Å². The van der Waals surface area contributed by atoms with Crippen LogP contribution < -0.4 is 19.5 Å². The molecule has 0 saturated carbocycles. The minimum absolute atomic E-state index is 0.105. The molecule has 0 aromatic heterocycles. The van der Waals surface area contributed by atoms with Crippen LogP contribution in [0.15, 0.2) is 77.7 Å². The maximum Gasteiger partial charge on any atom is 0.262 e. The normalized spacial score (nSPS) is 20.5. The van der Waals surface area contributed by atoms with E-state index < -0.39 is 10.0 Å². The third-order valence-corrected chi connectivity index (χ3v) is 8.80. The third-order valence-electron chi connectivity index (χ3n) is 7.43. The van der Waals surface area contributed by atoms with E-state index in [2.05, 4.69) is 67.2 Å². The van der Waals surface area contributed by atoms with Gasteiger partial charge < -0.3 is 14.8 Å². The van der Waals surface area contributed by atoms with Crippen molar-refractivity contribution in [2.75, 3.05) is 24.3 Å². The zero-order valence-corrected chi connectivity index (χ0v) is 22.7. The molecule has 0 saturated heterocycles. The molecule has 3 atom stereocenters. The average molecular weight is 519 g/mol. The molecule has 1 aliphatic heterocycles. The van der Waals surface area contributed by atoms with Crippen LogP contribution in [0.2, 0.25) is 0 Å². The van der Waals surface area contributed by atoms with Crippen LogP contribution in [0.1, 0.15) is 55.8 Å². The molecule has 194 valence electrons. The Balaban J connectivity index is 1.45. The third kappa shape index (κ3) is 4.80. The summed E-state index contributed by atoms with van der Waals surface area (Å²) in [5, 5.41) is 3.71. The number of hydrogen-bond donors (Lipinski definition) is 2. The standard InChI is InChI=1S/C30H34N2O4S/c1-30(2,3)20-11-9-19(10-12-20)29-24-8-6-7-23(24)25-18-22(14-16-26(25)31-29)37(33,34)32-27-15-13-21(35-4)17-28(27)36-5/h6-7,9-18,23-24,29,31-32H,8H2,1-5H3/t23-,24+,29+/m0/s1. The molecule has 0 bridgehead atoms. The van der Waals surface area contributed by atoms with Crippen LogP contribution in [0.5, 0.6) is 11.5 Å². The smallest absolute Gasteiger partial charge is 0.262 e. The highest BCUT2D eigenvalue weighted by molar-refractivity contribution is 7.92. The Hall–Kier alpha value is -3.45. The van der Waals surface area contributed by atoms with Crippen molar-refractivity contribution in [1.29, 1.82) is 0 Å². The van der Waals surface area contributed by atoms with Crippen molar-refractivity contribution in [1.82, 2.24) is 0 Å². The first-order valence-corrected chi connectivity index (χ1v) is 14.0. The Kier molecular flexibility index (Phi) is 6.44. The van der Waals surface area contributed by atoms with Crippen LogP contribution in [0, 0.1) is 5.92 Å². The van der Waals surface area contributed by atoms with E-state index in [1.165, 1.54) is 18.2 Å². The van der Waals surface area contributed by atoms with Crippen molar-refractivity contribution in [2.24, 2.45) is 5.92 Å². The van der Waals surface area contributed by atoms with Crippen molar-refractivity contribution in [3.63, 3.8) is 0 Å². The summed E-state index contributed by atoms with van der Waals surface area (Å²) in [7, 11) is -0.786. The molecule has 0 radical (unpaired) electrons. The summed E-state index contributed by atoms with van der Waals surface area (Å²) in [6, 6.07) is 19.4. The zero-order valence-electron chi connectivity index (χ0n) is 21.9. The summed E-state index contributed by atoms with van der Waals surface area (Å²) in [6.07, 6.45) is 5.38. The zero-order chi connectivity index (χ0) is 26.4. The van der Waals surface area contributed by atoms with Crippen molar-refractivity contribution >= 4 is 21.4 Å². The van der Waals surface area contributed by atoms with Crippen LogP contribution in [0.25, 0.3) is 0 Å². The van der Waals surface area contributed by atoms with Gasteiger partial charge >= 0.3 is 0 Å². The lowest BCUT2D eigenvalue weighted by Crippen LogP contribution is -2.29. The predicted molar refractivity (Wildman–Crippen MR) is 148 cm³/mol. The first-order valence-electron chi connectivity index (χ1n) is 12.5. The SMILES string of the molecule is COc1ccc(NS(=O)(=O)c2ccc3c(c2)[C@H]2C=CC[C@H]2[C@@H](c2ccc(C(C)(C)C)cc2)N3)c(OC)c1. The maximum absolute atomic E-state index is 13.4. The number of anilines is 2. The van der Waals surface area contributed by atoms with Gasteiger partial charge in [-0.3, -0.25) is 4.72 Å². The fourth-order valence-corrected chi connectivity index (χ4v) is 6.45. The molecule has 3 aromatic carbocycles. The summed E-state index contributed by atoms with van der Waals surface area (Å²) in [5.41, 5.74) is 5.00. The van der Waals surface area contributed by atoms with Crippen LogP contribution in [0.4, 0.5) is 11.4 Å². The van der Waals surface area contributed by atoms with E-state index >= 15 is 0 Å². The summed E-state index contributed by atoms with van der Waals surface area (Å²) < 4.78 is 40.0. The van der Waals surface area contributed by atoms with Gasteiger partial charge in [-0.15, -0.1) is 0 Å². The monoisotopic (exact) mass is 518 g/mol. The Morgan fingerprint density at radius 2 is 1.70 bits per heavy atom. The topological polar surface area (TPSA) is 76.7 Å². The molecular weight excluding hydrogens is 484 g/mol. The minimum atomic E-state index is -3.83. The lowest BCUT2D eigenvalue weighted by molar-refractivity contribution is 0.395. The number of allylic oxidation sites excluding steroid dienone is 2. The van der Waals surface area contributed by atoms with Crippen molar-refractivity contribution in [3.8, 4) is 11.5 Å². The van der Waals surface area contributed by atoms with E-state index in [9.17, 15) is 8.42 Å².